The van der Waals surface area contributed by atoms with Crippen LogP contribution >= 0.6 is 0 Å². The third-order valence-electron chi connectivity index (χ3n) is 2.43. The molecule has 5 nitrogen and oxygen atoms in total. The molecule has 72 valence electrons. The number of aryl methyl sites for hydroxylation is 1. The maximum atomic E-state index is 11.1. The molecular weight excluding hydrogens is 168 g/mol. The Hall–Kier alpha value is -1.10. The highest BCUT2D eigenvalue weighted by molar-refractivity contribution is 4.93. The van der Waals surface area contributed by atoms with Gasteiger partial charge in [0.1, 0.15) is 5.82 Å². The van der Waals surface area contributed by atoms with Gasteiger partial charge < -0.3 is 5.32 Å². The van der Waals surface area contributed by atoms with E-state index >= 15 is 0 Å². The zero-order chi connectivity index (χ0) is 9.26. The highest BCUT2D eigenvalue weighted by Crippen LogP contribution is 2.18. The van der Waals surface area contributed by atoms with Crippen LogP contribution in [0.4, 0.5) is 0 Å². The number of H-pyrrole nitrogens is 1. The molecule has 0 aromatic carbocycles. The lowest BCUT2D eigenvalue weighted by Gasteiger charge is -2.20. The predicted molar refractivity (Wildman–Crippen MR) is 48.4 cm³/mol. The summed E-state index contributed by atoms with van der Waals surface area (Å²) >= 11 is 0. The average Bonchev–Trinajstić information content (AvgIpc) is 2.49. The van der Waals surface area contributed by atoms with Crippen LogP contribution in [-0.4, -0.2) is 21.3 Å². The summed E-state index contributed by atoms with van der Waals surface area (Å²) in [5.74, 6) is 0.771. The Morgan fingerprint density at radius 2 is 2.38 bits per heavy atom. The average molecular weight is 182 g/mol. The van der Waals surface area contributed by atoms with Crippen molar-refractivity contribution in [2.45, 2.75) is 25.3 Å². The molecule has 0 amide bonds. The Morgan fingerprint density at radius 1 is 1.54 bits per heavy atom. The van der Waals surface area contributed by atoms with Gasteiger partial charge in [0, 0.05) is 7.05 Å². The Morgan fingerprint density at radius 3 is 2.92 bits per heavy atom. The first kappa shape index (κ1) is 8.50. The normalized spacial score (nSPS) is 23.3. The molecule has 0 aliphatic carbocycles. The second-order valence-electron chi connectivity index (χ2n) is 3.44. The zero-order valence-electron chi connectivity index (χ0n) is 7.71. The van der Waals surface area contributed by atoms with Crippen LogP contribution < -0.4 is 11.0 Å². The highest BCUT2D eigenvalue weighted by Gasteiger charge is 2.18. The van der Waals surface area contributed by atoms with Gasteiger partial charge in [-0.3, -0.25) is 4.98 Å². The van der Waals surface area contributed by atoms with Crippen LogP contribution in [0.15, 0.2) is 4.79 Å². The molecule has 1 aliphatic rings. The molecule has 2 rings (SSSR count). The van der Waals surface area contributed by atoms with Gasteiger partial charge in [-0.2, -0.15) is 5.10 Å². The fourth-order valence-corrected chi connectivity index (χ4v) is 1.66. The van der Waals surface area contributed by atoms with Crippen molar-refractivity contribution >= 4 is 0 Å². The number of nitrogens with one attached hydrogen (secondary N) is 2. The van der Waals surface area contributed by atoms with Gasteiger partial charge in [-0.15, -0.1) is 0 Å². The number of aromatic nitrogens is 3. The predicted octanol–water partition coefficient (Wildman–Crippen LogP) is -0.0770. The Bertz CT molecular complexity index is 334. The molecule has 1 saturated heterocycles. The van der Waals surface area contributed by atoms with Gasteiger partial charge >= 0.3 is 5.69 Å². The van der Waals surface area contributed by atoms with E-state index in [4.69, 9.17) is 0 Å². The topological polar surface area (TPSA) is 62.7 Å². The van der Waals surface area contributed by atoms with Gasteiger partial charge in [0.2, 0.25) is 0 Å². The van der Waals surface area contributed by atoms with Crippen LogP contribution in [0.1, 0.15) is 31.1 Å². The minimum Gasteiger partial charge on any atom is -0.307 e. The first-order valence-corrected chi connectivity index (χ1v) is 4.64. The van der Waals surface area contributed by atoms with Gasteiger partial charge in [0.25, 0.3) is 0 Å². The summed E-state index contributed by atoms with van der Waals surface area (Å²) in [6.45, 7) is 1.02. The number of rotatable bonds is 1. The first-order chi connectivity index (χ1) is 6.27. The molecular formula is C8H14N4O. The molecule has 1 aliphatic heterocycles. The Balaban J connectivity index is 2.19. The smallest absolute Gasteiger partial charge is 0.307 e. The van der Waals surface area contributed by atoms with Gasteiger partial charge in [-0.1, -0.05) is 6.42 Å². The molecule has 1 aromatic rings. The third kappa shape index (κ3) is 1.65. The summed E-state index contributed by atoms with van der Waals surface area (Å²) in [7, 11) is 1.66. The molecule has 1 unspecified atom stereocenters. The van der Waals surface area contributed by atoms with Crippen molar-refractivity contribution in [3.63, 3.8) is 0 Å². The van der Waals surface area contributed by atoms with Gasteiger partial charge in [-0.25, -0.2) is 9.48 Å². The molecule has 1 fully saturated rings. The number of hydrogen-bond acceptors (Lipinski definition) is 3. The monoisotopic (exact) mass is 182 g/mol. The van der Waals surface area contributed by atoms with Crippen LogP contribution in [0.5, 0.6) is 0 Å². The van der Waals surface area contributed by atoms with Crippen molar-refractivity contribution in [2.24, 2.45) is 7.05 Å². The third-order valence-corrected chi connectivity index (χ3v) is 2.43. The summed E-state index contributed by atoms with van der Waals surface area (Å²) in [5.41, 5.74) is -0.137. The van der Waals surface area contributed by atoms with Gasteiger partial charge in [-0.05, 0) is 19.4 Å². The molecule has 13 heavy (non-hydrogen) atoms. The fraction of sp³-hybridized carbons (Fsp3) is 0.750. The Labute approximate surface area is 76.2 Å². The highest BCUT2D eigenvalue weighted by atomic mass is 16.1. The zero-order valence-corrected chi connectivity index (χ0v) is 7.71. The van der Waals surface area contributed by atoms with Crippen molar-refractivity contribution < 1.29 is 0 Å². The van der Waals surface area contributed by atoms with E-state index in [2.05, 4.69) is 15.4 Å². The molecule has 2 N–H and O–H groups in total. The summed E-state index contributed by atoms with van der Waals surface area (Å²) in [6, 6.07) is 0.239. The van der Waals surface area contributed by atoms with Crippen LogP contribution in [0.2, 0.25) is 0 Å². The molecule has 0 saturated carbocycles. The van der Waals surface area contributed by atoms with Crippen molar-refractivity contribution in [3.8, 4) is 0 Å². The van der Waals surface area contributed by atoms with Crippen LogP contribution in [0, 0.1) is 0 Å². The lowest BCUT2D eigenvalue weighted by molar-refractivity contribution is 0.396. The Kier molecular flexibility index (Phi) is 2.18. The van der Waals surface area contributed by atoms with E-state index < -0.39 is 0 Å². The summed E-state index contributed by atoms with van der Waals surface area (Å²) < 4.78 is 1.34. The van der Waals surface area contributed by atoms with E-state index in [0.29, 0.717) is 0 Å². The molecule has 5 heteroatoms. The molecule has 0 spiro atoms. The van der Waals surface area contributed by atoms with Crippen molar-refractivity contribution in [1.82, 2.24) is 20.1 Å². The van der Waals surface area contributed by atoms with E-state index in [1.54, 1.807) is 7.05 Å². The SMILES string of the molecule is Cn1nc(C2CCCCN2)[nH]c1=O. The lowest BCUT2D eigenvalue weighted by Crippen LogP contribution is -2.27. The summed E-state index contributed by atoms with van der Waals surface area (Å²) in [5, 5.41) is 7.45. The van der Waals surface area contributed by atoms with E-state index in [-0.39, 0.29) is 11.7 Å². The molecule has 1 atom stereocenters. The summed E-state index contributed by atoms with van der Waals surface area (Å²) in [4.78, 5) is 13.8. The van der Waals surface area contributed by atoms with Crippen molar-refractivity contribution in [2.75, 3.05) is 6.54 Å². The summed E-state index contributed by atoms with van der Waals surface area (Å²) in [6.07, 6.45) is 3.48. The minimum absolute atomic E-state index is 0.137. The number of nitrogens with zero attached hydrogens (tertiary/aromatic N) is 2. The van der Waals surface area contributed by atoms with E-state index in [1.165, 1.54) is 17.5 Å². The van der Waals surface area contributed by atoms with Crippen LogP contribution in [-0.2, 0) is 7.05 Å². The van der Waals surface area contributed by atoms with E-state index in [1.807, 2.05) is 0 Å². The maximum Gasteiger partial charge on any atom is 0.343 e. The quantitative estimate of drug-likeness (QED) is 0.638. The molecule has 2 heterocycles. The standard InChI is InChI=1S/C8H14N4O/c1-12-8(13)10-7(11-12)6-4-2-3-5-9-6/h6,9H,2-5H2,1H3,(H,10,11,13). The number of piperidine rings is 1. The van der Waals surface area contributed by atoms with Gasteiger partial charge in [0.05, 0.1) is 6.04 Å². The van der Waals surface area contributed by atoms with Gasteiger partial charge in [0.15, 0.2) is 0 Å². The van der Waals surface area contributed by atoms with Crippen LogP contribution in [0.3, 0.4) is 0 Å². The molecule has 0 radical (unpaired) electrons. The van der Waals surface area contributed by atoms with Crippen LogP contribution in [0.25, 0.3) is 0 Å². The number of hydrogen-bond donors (Lipinski definition) is 2. The second-order valence-corrected chi connectivity index (χ2v) is 3.44. The maximum absolute atomic E-state index is 11.1. The minimum atomic E-state index is -0.137. The first-order valence-electron chi connectivity index (χ1n) is 4.64. The lowest BCUT2D eigenvalue weighted by atomic mass is 10.0. The van der Waals surface area contributed by atoms with E-state index in [0.717, 1.165) is 18.8 Å². The molecule has 1 aromatic heterocycles. The second kappa shape index (κ2) is 3.33. The largest absolute Gasteiger partial charge is 0.343 e. The molecule has 0 bridgehead atoms. The van der Waals surface area contributed by atoms with Crippen molar-refractivity contribution in [3.05, 3.63) is 16.3 Å². The van der Waals surface area contributed by atoms with E-state index in [9.17, 15) is 4.79 Å². The van der Waals surface area contributed by atoms with Crippen molar-refractivity contribution in [1.29, 1.82) is 0 Å². The number of aromatic amines is 1. The fourth-order valence-electron chi connectivity index (χ4n) is 1.66.